The normalized spacial score (nSPS) is 11.7. The minimum absolute atomic E-state index is 0.0875. The van der Waals surface area contributed by atoms with Gasteiger partial charge in [-0.2, -0.15) is 0 Å². The van der Waals surface area contributed by atoms with Crippen LogP contribution >= 0.6 is 0 Å². The molecule has 0 aromatic heterocycles. The van der Waals surface area contributed by atoms with E-state index in [0.29, 0.717) is 11.6 Å². The van der Waals surface area contributed by atoms with Crippen molar-refractivity contribution < 1.29 is 33.4 Å². The third-order valence-corrected chi connectivity index (χ3v) is 4.76. The zero-order valence-corrected chi connectivity index (χ0v) is 17.4. The molecule has 0 aliphatic heterocycles. The van der Waals surface area contributed by atoms with E-state index >= 15 is 0 Å². The number of nitro groups is 1. The minimum atomic E-state index is -1.10. The van der Waals surface area contributed by atoms with Crippen molar-refractivity contribution in [3.8, 4) is 5.75 Å². The van der Waals surface area contributed by atoms with Crippen molar-refractivity contribution in [2.24, 2.45) is 0 Å². The zero-order chi connectivity index (χ0) is 24.1. The van der Waals surface area contributed by atoms with Gasteiger partial charge in [0.15, 0.2) is 5.78 Å². The van der Waals surface area contributed by atoms with Gasteiger partial charge in [0.05, 0.1) is 17.2 Å². The molecule has 0 heterocycles. The fraction of sp³-hybridized carbons (Fsp3) is 0.174. The second-order valence-electron chi connectivity index (χ2n) is 7.19. The van der Waals surface area contributed by atoms with E-state index in [9.17, 15) is 28.8 Å². The highest BCUT2D eigenvalue weighted by atomic mass is 19.1. The quantitative estimate of drug-likeness (QED) is 0.253. The van der Waals surface area contributed by atoms with Crippen LogP contribution in [0.5, 0.6) is 5.75 Å². The Morgan fingerprint density at radius 2 is 1.88 bits per heavy atom. The Kier molecular flexibility index (Phi) is 7.31. The Bertz CT molecular complexity index is 1200. The first-order valence-electron chi connectivity index (χ1n) is 9.77. The van der Waals surface area contributed by atoms with Gasteiger partial charge < -0.3 is 20.3 Å². The molecule has 3 aromatic rings. The molecule has 33 heavy (non-hydrogen) atoms. The summed E-state index contributed by atoms with van der Waals surface area (Å²) in [6, 6.07) is 11.1. The average Bonchev–Trinajstić information content (AvgIpc) is 2.79. The lowest BCUT2D eigenvalue weighted by molar-refractivity contribution is -0.385. The van der Waals surface area contributed by atoms with E-state index in [1.165, 1.54) is 18.2 Å². The predicted octanol–water partition coefficient (Wildman–Crippen LogP) is 3.89. The molecular formula is C23H20F2N2O6. The van der Waals surface area contributed by atoms with Gasteiger partial charge in [0.1, 0.15) is 35.7 Å². The minimum Gasteiger partial charge on any atom is -0.491 e. The van der Waals surface area contributed by atoms with E-state index in [-0.39, 0.29) is 34.9 Å². The number of rotatable bonds is 9. The fourth-order valence-corrected chi connectivity index (χ4v) is 3.02. The smallest absolute Gasteiger partial charge is 0.282 e. The van der Waals surface area contributed by atoms with E-state index < -0.39 is 40.7 Å². The number of hydrogen-bond donors (Lipinski definition) is 3. The number of anilines is 2. The molecule has 8 nitrogen and oxygen atoms in total. The van der Waals surface area contributed by atoms with E-state index in [4.69, 9.17) is 9.84 Å². The monoisotopic (exact) mass is 458 g/mol. The summed E-state index contributed by atoms with van der Waals surface area (Å²) in [6.07, 6.45) is -1.10. The molecule has 3 rings (SSSR count). The van der Waals surface area contributed by atoms with Crippen molar-refractivity contribution in [3.63, 3.8) is 0 Å². The Morgan fingerprint density at radius 3 is 2.55 bits per heavy atom. The second-order valence-corrected chi connectivity index (χ2v) is 7.19. The van der Waals surface area contributed by atoms with Crippen molar-refractivity contribution in [2.45, 2.75) is 13.0 Å². The highest BCUT2D eigenvalue weighted by molar-refractivity contribution is 6.12. The number of hydrogen-bond acceptors (Lipinski definition) is 7. The van der Waals surface area contributed by atoms with Crippen molar-refractivity contribution in [2.75, 3.05) is 18.5 Å². The number of halogens is 2. The Hall–Kier alpha value is -3.89. The maximum atomic E-state index is 13.9. The number of carbonyl (C=O) groups excluding carboxylic acids is 1. The molecule has 0 spiro atoms. The van der Waals surface area contributed by atoms with E-state index in [1.807, 2.05) is 0 Å². The summed E-state index contributed by atoms with van der Waals surface area (Å²) < 4.78 is 32.4. The largest absolute Gasteiger partial charge is 0.491 e. The number of aryl methyl sites for hydroxylation is 1. The average molecular weight is 458 g/mol. The first-order valence-corrected chi connectivity index (χ1v) is 9.77. The van der Waals surface area contributed by atoms with Gasteiger partial charge in [-0.05, 0) is 48.9 Å². The molecule has 0 saturated heterocycles. The summed E-state index contributed by atoms with van der Waals surface area (Å²) in [5, 5.41) is 32.6. The fourth-order valence-electron chi connectivity index (χ4n) is 3.02. The molecular weight excluding hydrogens is 438 g/mol. The number of nitro benzene ring substituents is 1. The number of ether oxygens (including phenoxy) is 1. The van der Waals surface area contributed by atoms with Gasteiger partial charge in [-0.3, -0.25) is 14.9 Å². The predicted molar refractivity (Wildman–Crippen MR) is 116 cm³/mol. The van der Waals surface area contributed by atoms with Gasteiger partial charge in [0.25, 0.3) is 5.69 Å². The third-order valence-electron chi connectivity index (χ3n) is 4.76. The van der Waals surface area contributed by atoms with Crippen molar-refractivity contribution in [3.05, 3.63) is 93.0 Å². The highest BCUT2D eigenvalue weighted by Gasteiger charge is 2.24. The summed E-state index contributed by atoms with van der Waals surface area (Å²) >= 11 is 0. The van der Waals surface area contributed by atoms with Gasteiger partial charge in [0.2, 0.25) is 0 Å². The standard InChI is InChI=1S/C23H20F2N2O6/c1-13-2-5-17(33-12-16(29)11-28)10-19(13)23(30)18-6-4-15(9-22(18)27(31)32)26-21-7-3-14(24)8-20(21)25/h2-10,16,26,28-29H,11-12H2,1H3. The van der Waals surface area contributed by atoms with Gasteiger partial charge in [0, 0.05) is 23.4 Å². The lowest BCUT2D eigenvalue weighted by atomic mass is 9.97. The Morgan fingerprint density at radius 1 is 1.12 bits per heavy atom. The van der Waals surface area contributed by atoms with Crippen molar-refractivity contribution in [1.29, 1.82) is 0 Å². The molecule has 0 aliphatic carbocycles. The number of benzene rings is 3. The van der Waals surface area contributed by atoms with Gasteiger partial charge in [-0.1, -0.05) is 6.07 Å². The summed E-state index contributed by atoms with van der Waals surface area (Å²) in [4.78, 5) is 24.1. The van der Waals surface area contributed by atoms with Gasteiger partial charge >= 0.3 is 0 Å². The Labute approximate surface area is 187 Å². The molecule has 0 aliphatic rings. The van der Waals surface area contributed by atoms with Gasteiger partial charge in [-0.25, -0.2) is 8.78 Å². The van der Waals surface area contributed by atoms with E-state index in [0.717, 1.165) is 18.2 Å². The number of ketones is 1. The van der Waals surface area contributed by atoms with Crippen LogP contribution < -0.4 is 10.1 Å². The van der Waals surface area contributed by atoms with Crippen molar-refractivity contribution in [1.82, 2.24) is 0 Å². The van der Waals surface area contributed by atoms with Crippen LogP contribution in [-0.2, 0) is 0 Å². The number of aliphatic hydroxyl groups is 2. The lowest BCUT2D eigenvalue weighted by Crippen LogP contribution is -2.21. The summed E-state index contributed by atoms with van der Waals surface area (Å²) in [5.41, 5.74) is 0.0418. The van der Waals surface area contributed by atoms with Crippen LogP contribution in [0.1, 0.15) is 21.5 Å². The number of nitrogens with one attached hydrogen (secondary N) is 1. The highest BCUT2D eigenvalue weighted by Crippen LogP contribution is 2.30. The zero-order valence-electron chi connectivity index (χ0n) is 17.4. The summed E-state index contributed by atoms with van der Waals surface area (Å²) in [6.45, 7) is 0.957. The summed E-state index contributed by atoms with van der Waals surface area (Å²) in [7, 11) is 0. The number of nitrogens with zero attached hydrogens (tertiary/aromatic N) is 1. The number of aliphatic hydroxyl groups excluding tert-OH is 2. The molecule has 0 saturated carbocycles. The molecule has 0 bridgehead atoms. The molecule has 3 aromatic carbocycles. The first-order chi connectivity index (χ1) is 15.7. The molecule has 0 amide bonds. The molecule has 1 atom stereocenters. The maximum Gasteiger partial charge on any atom is 0.282 e. The Balaban J connectivity index is 1.92. The van der Waals surface area contributed by atoms with E-state index in [2.05, 4.69) is 5.32 Å². The molecule has 1 unspecified atom stereocenters. The molecule has 10 heteroatoms. The van der Waals surface area contributed by atoms with Crippen LogP contribution in [0.2, 0.25) is 0 Å². The molecule has 3 N–H and O–H groups in total. The second kappa shape index (κ2) is 10.2. The number of carbonyl (C=O) groups is 1. The van der Waals surface area contributed by atoms with Crippen LogP contribution in [0, 0.1) is 28.7 Å². The lowest BCUT2D eigenvalue weighted by Gasteiger charge is -2.13. The van der Waals surface area contributed by atoms with Crippen LogP contribution in [0.3, 0.4) is 0 Å². The topological polar surface area (TPSA) is 122 Å². The summed E-state index contributed by atoms with van der Waals surface area (Å²) in [5.74, 6) is -2.04. The molecule has 0 radical (unpaired) electrons. The molecule has 0 fully saturated rings. The van der Waals surface area contributed by atoms with Crippen LogP contribution in [-0.4, -0.2) is 40.2 Å². The molecule has 172 valence electrons. The van der Waals surface area contributed by atoms with Crippen LogP contribution in [0.4, 0.5) is 25.8 Å². The van der Waals surface area contributed by atoms with Crippen LogP contribution in [0.25, 0.3) is 0 Å². The van der Waals surface area contributed by atoms with Crippen LogP contribution in [0.15, 0.2) is 54.6 Å². The van der Waals surface area contributed by atoms with E-state index in [1.54, 1.807) is 19.1 Å². The third kappa shape index (κ3) is 5.68. The van der Waals surface area contributed by atoms with Gasteiger partial charge in [-0.15, -0.1) is 0 Å². The maximum absolute atomic E-state index is 13.9. The van der Waals surface area contributed by atoms with Crippen molar-refractivity contribution >= 4 is 22.8 Å². The SMILES string of the molecule is Cc1ccc(OCC(O)CO)cc1C(=O)c1ccc(Nc2ccc(F)cc2F)cc1[N+](=O)[O-]. The first kappa shape index (κ1) is 23.8.